The summed E-state index contributed by atoms with van der Waals surface area (Å²) in [6, 6.07) is 18.8. The van der Waals surface area contributed by atoms with Crippen molar-refractivity contribution in [2.75, 3.05) is 26.2 Å². The third-order valence-electron chi connectivity index (χ3n) is 6.22. The van der Waals surface area contributed by atoms with Gasteiger partial charge >= 0.3 is 0 Å². The lowest BCUT2D eigenvalue weighted by molar-refractivity contribution is 0.0970. The van der Waals surface area contributed by atoms with Crippen molar-refractivity contribution in [3.8, 4) is 17.0 Å². The van der Waals surface area contributed by atoms with Crippen molar-refractivity contribution in [3.05, 3.63) is 66.4 Å². The van der Waals surface area contributed by atoms with Crippen LogP contribution >= 0.6 is 0 Å². The predicted molar refractivity (Wildman–Crippen MR) is 111 cm³/mol. The van der Waals surface area contributed by atoms with Gasteiger partial charge in [0.15, 0.2) is 0 Å². The van der Waals surface area contributed by atoms with Gasteiger partial charge in [0.25, 0.3) is 0 Å². The lowest BCUT2D eigenvalue weighted by Crippen LogP contribution is -2.48. The zero-order valence-electron chi connectivity index (χ0n) is 16.6. The molecule has 0 spiro atoms. The summed E-state index contributed by atoms with van der Waals surface area (Å²) in [7, 11) is 0. The fourth-order valence-electron chi connectivity index (χ4n) is 4.13. The van der Waals surface area contributed by atoms with Crippen molar-refractivity contribution >= 4 is 0 Å². The Morgan fingerprint density at radius 3 is 2.79 bits per heavy atom. The second-order valence-corrected chi connectivity index (χ2v) is 7.97. The molecule has 2 unspecified atom stereocenters. The van der Waals surface area contributed by atoms with Crippen molar-refractivity contribution in [1.82, 2.24) is 20.3 Å². The van der Waals surface area contributed by atoms with Crippen LogP contribution in [0.4, 0.5) is 0 Å². The van der Waals surface area contributed by atoms with Crippen molar-refractivity contribution in [2.45, 2.75) is 25.7 Å². The van der Waals surface area contributed by atoms with Crippen LogP contribution in [0.5, 0.6) is 5.75 Å². The van der Waals surface area contributed by atoms with E-state index in [0.29, 0.717) is 5.92 Å². The number of piperidine rings is 1. The minimum atomic E-state index is 0.163. The first-order valence-electron chi connectivity index (χ1n) is 10.0. The molecule has 0 saturated carbocycles. The molecule has 1 N–H and O–H groups in total. The number of H-pyrrole nitrogens is 1. The van der Waals surface area contributed by atoms with Crippen LogP contribution in [0.25, 0.3) is 11.3 Å². The average Bonchev–Trinajstić information content (AvgIpc) is 3.27. The van der Waals surface area contributed by atoms with Gasteiger partial charge in [-0.25, -0.2) is 0 Å². The monoisotopic (exact) mass is 376 g/mol. The maximum Gasteiger partial charge on any atom is 0.119 e. The number of likely N-dealkylation sites (tertiary alicyclic amines) is 1. The summed E-state index contributed by atoms with van der Waals surface area (Å²) in [5.74, 6) is 1.51. The molecule has 1 aliphatic heterocycles. The van der Waals surface area contributed by atoms with Crippen molar-refractivity contribution in [1.29, 1.82) is 0 Å². The van der Waals surface area contributed by atoms with Gasteiger partial charge in [-0.2, -0.15) is 15.4 Å². The van der Waals surface area contributed by atoms with Gasteiger partial charge in [-0.15, -0.1) is 0 Å². The summed E-state index contributed by atoms with van der Waals surface area (Å²) in [6.07, 6.45) is 2.92. The van der Waals surface area contributed by atoms with Gasteiger partial charge in [0.2, 0.25) is 0 Å². The molecule has 1 saturated heterocycles. The second kappa shape index (κ2) is 8.15. The molecular formula is C23H28N4O. The van der Waals surface area contributed by atoms with Crippen LogP contribution in [0.2, 0.25) is 0 Å². The van der Waals surface area contributed by atoms with Crippen LogP contribution in [0, 0.1) is 5.92 Å². The highest BCUT2D eigenvalue weighted by Gasteiger charge is 2.38. The highest BCUT2D eigenvalue weighted by atomic mass is 16.5. The Kier molecular flexibility index (Phi) is 5.44. The largest absolute Gasteiger partial charge is 0.492 e. The van der Waals surface area contributed by atoms with Gasteiger partial charge in [0.1, 0.15) is 18.1 Å². The quantitative estimate of drug-likeness (QED) is 0.702. The van der Waals surface area contributed by atoms with Crippen molar-refractivity contribution in [3.63, 3.8) is 0 Å². The lowest BCUT2D eigenvalue weighted by atomic mass is 9.68. The van der Waals surface area contributed by atoms with E-state index in [-0.39, 0.29) is 5.41 Å². The minimum absolute atomic E-state index is 0.163. The fraction of sp³-hybridized carbons (Fsp3) is 0.391. The van der Waals surface area contributed by atoms with Gasteiger partial charge in [-0.3, -0.25) is 4.90 Å². The molecule has 0 radical (unpaired) electrons. The van der Waals surface area contributed by atoms with E-state index in [1.165, 1.54) is 5.56 Å². The zero-order valence-corrected chi connectivity index (χ0v) is 16.6. The summed E-state index contributed by atoms with van der Waals surface area (Å²) < 4.78 is 5.88. The second-order valence-electron chi connectivity index (χ2n) is 7.97. The van der Waals surface area contributed by atoms with Gasteiger partial charge in [0, 0.05) is 18.7 Å². The summed E-state index contributed by atoms with van der Waals surface area (Å²) in [6.45, 7) is 8.64. The number of aromatic amines is 1. The number of benzene rings is 2. The maximum atomic E-state index is 5.88. The molecule has 1 aromatic heterocycles. The molecule has 2 aromatic carbocycles. The Morgan fingerprint density at radius 2 is 2.04 bits per heavy atom. The van der Waals surface area contributed by atoms with Crippen molar-refractivity contribution < 1.29 is 4.74 Å². The first-order valence-corrected chi connectivity index (χ1v) is 10.0. The molecule has 146 valence electrons. The number of rotatable bonds is 6. The van der Waals surface area contributed by atoms with E-state index in [2.05, 4.69) is 58.4 Å². The third-order valence-corrected chi connectivity index (χ3v) is 6.22. The van der Waals surface area contributed by atoms with Crippen LogP contribution < -0.4 is 4.74 Å². The van der Waals surface area contributed by atoms with E-state index in [1.807, 2.05) is 30.3 Å². The molecule has 3 aromatic rings. The number of nitrogens with one attached hydrogen (secondary N) is 1. The number of hydrogen-bond acceptors (Lipinski definition) is 4. The molecule has 5 nitrogen and oxygen atoms in total. The Balaban J connectivity index is 1.38. The fourth-order valence-corrected chi connectivity index (χ4v) is 4.13. The van der Waals surface area contributed by atoms with E-state index in [4.69, 9.17) is 4.74 Å². The molecule has 2 atom stereocenters. The highest BCUT2D eigenvalue weighted by Crippen LogP contribution is 2.40. The smallest absolute Gasteiger partial charge is 0.119 e. The topological polar surface area (TPSA) is 54.0 Å². The predicted octanol–water partition coefficient (Wildman–Crippen LogP) is 4.15. The molecule has 1 aliphatic rings. The maximum absolute atomic E-state index is 5.88. The summed E-state index contributed by atoms with van der Waals surface area (Å²) >= 11 is 0. The van der Waals surface area contributed by atoms with Crippen molar-refractivity contribution in [2.24, 2.45) is 5.92 Å². The number of hydrogen-bond donors (Lipinski definition) is 1. The Morgan fingerprint density at radius 1 is 1.18 bits per heavy atom. The summed E-state index contributed by atoms with van der Waals surface area (Å²) in [5.41, 5.74) is 3.57. The molecule has 4 rings (SSSR count). The minimum Gasteiger partial charge on any atom is -0.492 e. The van der Waals surface area contributed by atoms with Gasteiger partial charge in [0.05, 0.1) is 6.20 Å². The molecule has 28 heavy (non-hydrogen) atoms. The van der Waals surface area contributed by atoms with Crippen LogP contribution in [0.3, 0.4) is 0 Å². The molecule has 0 bridgehead atoms. The van der Waals surface area contributed by atoms with Crippen LogP contribution in [-0.2, 0) is 5.41 Å². The number of nitrogens with zero attached hydrogens (tertiary/aromatic N) is 3. The normalized spacial score (nSPS) is 22.9. The van der Waals surface area contributed by atoms with Crippen LogP contribution in [-0.4, -0.2) is 46.6 Å². The van der Waals surface area contributed by atoms with E-state index < -0.39 is 0 Å². The van der Waals surface area contributed by atoms with Crippen LogP contribution in [0.15, 0.2) is 60.8 Å². The average molecular weight is 377 g/mol. The number of para-hydroxylation sites is 1. The Bertz CT molecular complexity index is 881. The lowest BCUT2D eigenvalue weighted by Gasteiger charge is -2.45. The molecule has 0 amide bonds. The van der Waals surface area contributed by atoms with E-state index in [9.17, 15) is 0 Å². The molecule has 0 aliphatic carbocycles. The highest BCUT2D eigenvalue weighted by molar-refractivity contribution is 5.59. The van der Waals surface area contributed by atoms with Crippen LogP contribution in [0.1, 0.15) is 25.8 Å². The van der Waals surface area contributed by atoms with Gasteiger partial charge < -0.3 is 4.74 Å². The first kappa shape index (κ1) is 18.7. The number of ether oxygens (including phenoxy) is 1. The zero-order chi connectivity index (χ0) is 19.4. The molecular weight excluding hydrogens is 348 g/mol. The molecule has 2 heterocycles. The summed E-state index contributed by atoms with van der Waals surface area (Å²) in [4.78, 5) is 2.52. The van der Waals surface area contributed by atoms with E-state index in [1.54, 1.807) is 6.20 Å². The Labute approximate surface area is 166 Å². The Hall–Kier alpha value is -2.66. The SMILES string of the molecule is CC1CN(CCOc2ccccc2)CCC1(C)c1cccc(-c2cn[nH]n2)c1. The molecule has 5 heteroatoms. The third kappa shape index (κ3) is 3.94. The van der Waals surface area contributed by atoms with Gasteiger partial charge in [-0.05, 0) is 48.1 Å². The first-order chi connectivity index (χ1) is 13.6. The standard InChI is InChI=1S/C23H28N4O/c1-18-17-27(13-14-28-21-9-4-3-5-10-21)12-11-23(18,2)20-8-6-7-19(15-20)22-16-24-26-25-22/h3-10,15-16,18H,11-14,17H2,1-2H3,(H,24,25,26). The van der Waals surface area contributed by atoms with E-state index in [0.717, 1.165) is 49.7 Å². The summed E-state index contributed by atoms with van der Waals surface area (Å²) in [5, 5.41) is 10.9. The molecule has 1 fully saturated rings. The van der Waals surface area contributed by atoms with E-state index >= 15 is 0 Å². The number of aromatic nitrogens is 3. The van der Waals surface area contributed by atoms with Gasteiger partial charge in [-0.1, -0.05) is 50.2 Å².